The van der Waals surface area contributed by atoms with E-state index in [-0.39, 0.29) is 43.4 Å². The van der Waals surface area contributed by atoms with Crippen LogP contribution in [-0.4, -0.2) is 14.3 Å². The molecule has 5 rings (SSSR count). The molecule has 1 heterocycles. The molecule has 1 aromatic heterocycles. The molecule has 4 aromatic carbocycles. The number of halogens is 8. The van der Waals surface area contributed by atoms with Crippen molar-refractivity contribution in [3.63, 3.8) is 0 Å². The molecule has 0 unspecified atom stereocenters. The summed E-state index contributed by atoms with van der Waals surface area (Å²) in [5, 5.41) is 8.65. The van der Waals surface area contributed by atoms with Gasteiger partial charge >= 0.3 is 18.0 Å². The number of aryl methyl sites for hydroxylation is 2. The first kappa shape index (κ1) is 33.2. The molecule has 0 spiro atoms. The van der Waals surface area contributed by atoms with Crippen molar-refractivity contribution in [2.45, 2.75) is 44.8 Å². The summed E-state index contributed by atoms with van der Waals surface area (Å²) in [6.45, 7) is 0.663. The Morgan fingerprint density at radius 1 is 0.652 bits per heavy atom. The molecule has 0 fully saturated rings. The third-order valence-corrected chi connectivity index (χ3v) is 7.95. The summed E-state index contributed by atoms with van der Waals surface area (Å²) in [7, 11) is 0. The van der Waals surface area contributed by atoms with E-state index in [1.807, 2.05) is 36.4 Å². The second-order valence-corrected chi connectivity index (χ2v) is 11.5. The first-order chi connectivity index (χ1) is 21.8. The maximum atomic E-state index is 13.6. The van der Waals surface area contributed by atoms with E-state index in [1.54, 1.807) is 36.4 Å². The van der Waals surface area contributed by atoms with Crippen LogP contribution < -0.4 is 11.0 Å². The average molecular weight is 679 g/mol. The van der Waals surface area contributed by atoms with Crippen molar-refractivity contribution in [2.75, 3.05) is 5.32 Å². The number of nitrogens with zero attached hydrogens (tertiary/aromatic N) is 3. The van der Waals surface area contributed by atoms with Gasteiger partial charge in [-0.3, -0.25) is 4.57 Å². The molecule has 0 atom stereocenters. The minimum absolute atomic E-state index is 0.0705. The highest BCUT2D eigenvalue weighted by molar-refractivity contribution is 6.42. The normalized spacial score (nSPS) is 12.0. The molecular formula is C33H26Cl2F6N4O. The number of nitrogens with one attached hydrogen (secondary N) is 1. The van der Waals surface area contributed by atoms with E-state index in [1.165, 1.54) is 9.25 Å². The molecule has 0 bridgehead atoms. The Balaban J connectivity index is 1.40. The number of hydrogen-bond acceptors (Lipinski definition) is 3. The molecule has 0 aliphatic carbocycles. The Labute approximate surface area is 270 Å². The summed E-state index contributed by atoms with van der Waals surface area (Å²) in [6.07, 6.45) is -10.2. The lowest BCUT2D eigenvalue weighted by molar-refractivity contribution is -0.143. The van der Waals surface area contributed by atoms with E-state index in [0.29, 0.717) is 28.7 Å². The highest BCUT2D eigenvalue weighted by atomic mass is 35.5. The highest BCUT2D eigenvalue weighted by Crippen LogP contribution is 2.36. The number of hydrogen-bond donors (Lipinski definition) is 1. The van der Waals surface area contributed by atoms with Crippen LogP contribution in [0, 0.1) is 0 Å². The number of aromatic nitrogens is 3. The van der Waals surface area contributed by atoms with E-state index in [9.17, 15) is 31.1 Å². The SMILES string of the molecule is O=c1n(Cc2cccc(NCc3ccc(Cl)c(Cl)c3)c2)nc(CCc2cc(C(F)(F)F)cc(C(F)(F)F)c2)n1Cc1ccccc1. The van der Waals surface area contributed by atoms with Gasteiger partial charge in [-0.2, -0.15) is 31.4 Å². The van der Waals surface area contributed by atoms with Crippen LogP contribution in [0.1, 0.15) is 39.2 Å². The predicted octanol–water partition coefficient (Wildman–Crippen LogP) is 8.88. The van der Waals surface area contributed by atoms with Gasteiger partial charge in [0.05, 0.1) is 34.3 Å². The van der Waals surface area contributed by atoms with Gasteiger partial charge in [-0.15, -0.1) is 0 Å². The minimum atomic E-state index is -4.96. The lowest BCUT2D eigenvalue weighted by atomic mass is 10.0. The van der Waals surface area contributed by atoms with Crippen LogP contribution in [0.2, 0.25) is 10.0 Å². The first-order valence-corrected chi connectivity index (χ1v) is 14.8. The summed E-state index contributed by atoms with van der Waals surface area (Å²) >= 11 is 12.1. The predicted molar refractivity (Wildman–Crippen MR) is 165 cm³/mol. The van der Waals surface area contributed by atoms with Gasteiger partial charge in [0.2, 0.25) is 0 Å². The highest BCUT2D eigenvalue weighted by Gasteiger charge is 2.36. The van der Waals surface area contributed by atoms with E-state index >= 15 is 0 Å². The maximum Gasteiger partial charge on any atom is 0.416 e. The molecule has 0 amide bonds. The second-order valence-electron chi connectivity index (χ2n) is 10.6. The smallest absolute Gasteiger partial charge is 0.381 e. The van der Waals surface area contributed by atoms with Crippen LogP contribution in [-0.2, 0) is 44.8 Å². The van der Waals surface area contributed by atoms with Gasteiger partial charge in [-0.25, -0.2) is 9.48 Å². The maximum absolute atomic E-state index is 13.6. The largest absolute Gasteiger partial charge is 0.416 e. The summed E-state index contributed by atoms with van der Waals surface area (Å²) in [5.74, 6) is 0.230. The molecule has 240 valence electrons. The van der Waals surface area contributed by atoms with E-state index < -0.39 is 29.2 Å². The number of anilines is 1. The van der Waals surface area contributed by atoms with Crippen molar-refractivity contribution in [1.29, 1.82) is 0 Å². The Morgan fingerprint density at radius 2 is 1.33 bits per heavy atom. The van der Waals surface area contributed by atoms with Crippen LogP contribution >= 0.6 is 23.2 Å². The molecule has 0 aliphatic heterocycles. The fourth-order valence-electron chi connectivity index (χ4n) is 4.92. The molecule has 5 aromatic rings. The van der Waals surface area contributed by atoms with E-state index in [0.717, 1.165) is 22.4 Å². The minimum Gasteiger partial charge on any atom is -0.381 e. The lowest BCUT2D eigenvalue weighted by Crippen LogP contribution is -2.26. The molecule has 0 saturated carbocycles. The zero-order valence-electron chi connectivity index (χ0n) is 24.0. The van der Waals surface area contributed by atoms with Crippen LogP contribution in [0.25, 0.3) is 0 Å². The first-order valence-electron chi connectivity index (χ1n) is 14.0. The standard InChI is InChI=1S/C33H26Cl2F6N4O/c34-28-11-9-23(16-29(28)35)18-42-27-8-4-7-24(15-27)20-45-31(46)44(19-21-5-2-1-3-6-21)30(43-45)12-10-22-13-25(32(36,37)38)17-26(14-22)33(39,40)41/h1-9,11,13-17,42H,10,12,18-20H2. The molecule has 46 heavy (non-hydrogen) atoms. The summed E-state index contributed by atoms with van der Waals surface area (Å²) in [5.41, 5.74) is -0.227. The quantitative estimate of drug-likeness (QED) is 0.150. The van der Waals surface area contributed by atoms with Crippen LogP contribution in [0.3, 0.4) is 0 Å². The van der Waals surface area contributed by atoms with Gasteiger partial charge in [0, 0.05) is 18.7 Å². The fourth-order valence-corrected chi connectivity index (χ4v) is 5.25. The molecule has 1 N–H and O–H groups in total. The second kappa shape index (κ2) is 13.6. The lowest BCUT2D eigenvalue weighted by Gasteiger charge is -2.14. The van der Waals surface area contributed by atoms with Crippen molar-refractivity contribution < 1.29 is 26.3 Å². The van der Waals surface area contributed by atoms with Crippen LogP contribution in [0.4, 0.5) is 32.0 Å². The van der Waals surface area contributed by atoms with Crippen molar-refractivity contribution in [2.24, 2.45) is 0 Å². The summed E-state index contributed by atoms with van der Waals surface area (Å²) in [4.78, 5) is 13.6. The van der Waals surface area contributed by atoms with Crippen molar-refractivity contribution >= 4 is 28.9 Å². The topological polar surface area (TPSA) is 51.9 Å². The Hall–Kier alpha value is -4.22. The van der Waals surface area contributed by atoms with Gasteiger partial charge in [-0.1, -0.05) is 71.7 Å². The van der Waals surface area contributed by atoms with Gasteiger partial charge in [0.15, 0.2) is 0 Å². The van der Waals surface area contributed by atoms with E-state index in [2.05, 4.69) is 10.4 Å². The van der Waals surface area contributed by atoms with E-state index in [4.69, 9.17) is 23.2 Å². The number of benzene rings is 4. The number of alkyl halides is 6. The number of rotatable bonds is 10. The van der Waals surface area contributed by atoms with Crippen molar-refractivity contribution in [1.82, 2.24) is 14.3 Å². The molecule has 0 radical (unpaired) electrons. The van der Waals surface area contributed by atoms with Crippen LogP contribution in [0.5, 0.6) is 0 Å². The zero-order chi connectivity index (χ0) is 33.1. The van der Waals surface area contributed by atoms with Crippen LogP contribution in [0.15, 0.2) is 95.8 Å². The van der Waals surface area contributed by atoms with Gasteiger partial charge < -0.3 is 5.32 Å². The Bertz CT molecular complexity index is 1850. The zero-order valence-corrected chi connectivity index (χ0v) is 25.5. The van der Waals surface area contributed by atoms with Crippen molar-refractivity contribution in [3.8, 4) is 0 Å². The van der Waals surface area contributed by atoms with Gasteiger partial charge in [-0.05, 0) is 71.1 Å². The molecule has 5 nitrogen and oxygen atoms in total. The Morgan fingerprint density at radius 3 is 1.98 bits per heavy atom. The summed E-state index contributed by atoms with van der Waals surface area (Å²) in [6, 6.07) is 23.1. The van der Waals surface area contributed by atoms with Gasteiger partial charge in [0.1, 0.15) is 5.82 Å². The summed E-state index contributed by atoms with van der Waals surface area (Å²) < 4.78 is 83.1. The monoisotopic (exact) mass is 678 g/mol. The third kappa shape index (κ3) is 8.32. The molecule has 0 saturated heterocycles. The Kier molecular flexibility index (Phi) is 9.83. The molecule has 0 aliphatic rings. The molecular weight excluding hydrogens is 653 g/mol. The third-order valence-electron chi connectivity index (χ3n) is 7.21. The molecule has 13 heteroatoms. The van der Waals surface area contributed by atoms with Crippen molar-refractivity contribution in [3.05, 3.63) is 151 Å². The average Bonchev–Trinajstić information content (AvgIpc) is 3.29. The fraction of sp³-hybridized carbons (Fsp3) is 0.212. The van der Waals surface area contributed by atoms with Gasteiger partial charge in [0.25, 0.3) is 0 Å².